The van der Waals surface area contributed by atoms with Crippen LogP contribution in [0.4, 0.5) is 0 Å². The number of carbonyl (C=O) groups is 1. The normalized spacial score (nSPS) is 10.5. The van der Waals surface area contributed by atoms with Crippen molar-refractivity contribution in [3.05, 3.63) is 78.3 Å². The number of hydrogen-bond acceptors (Lipinski definition) is 3. The zero-order valence-corrected chi connectivity index (χ0v) is 11.4. The van der Waals surface area contributed by atoms with E-state index in [1.54, 1.807) is 23.4 Å². The van der Waals surface area contributed by atoms with Gasteiger partial charge in [0.1, 0.15) is 12.1 Å². The Balaban J connectivity index is 1.82. The van der Waals surface area contributed by atoms with Gasteiger partial charge in [-0.05, 0) is 11.6 Å². The largest absolute Gasteiger partial charge is 0.472 e. The van der Waals surface area contributed by atoms with Gasteiger partial charge in [-0.2, -0.15) is 0 Å². The van der Waals surface area contributed by atoms with Crippen molar-refractivity contribution < 1.29 is 9.21 Å². The van der Waals surface area contributed by atoms with Crippen LogP contribution in [-0.4, -0.2) is 20.8 Å². The van der Waals surface area contributed by atoms with Crippen molar-refractivity contribution in [2.75, 3.05) is 0 Å². The highest BCUT2D eigenvalue weighted by Crippen LogP contribution is 2.13. The molecule has 2 aromatic heterocycles. The predicted octanol–water partition coefficient (Wildman–Crippen LogP) is 2.85. The third-order valence-electron chi connectivity index (χ3n) is 3.17. The molecule has 3 rings (SSSR count). The molecule has 3 aromatic rings. The van der Waals surface area contributed by atoms with Crippen molar-refractivity contribution in [3.8, 4) is 0 Å². The highest BCUT2D eigenvalue weighted by molar-refractivity contribution is 5.93. The van der Waals surface area contributed by atoms with Gasteiger partial charge >= 0.3 is 0 Å². The highest BCUT2D eigenvalue weighted by Gasteiger charge is 2.18. The lowest BCUT2D eigenvalue weighted by Crippen LogP contribution is -2.30. The molecule has 0 aliphatic heterocycles. The molecule has 5 nitrogen and oxygen atoms in total. The molecule has 0 bridgehead atoms. The number of nitrogens with zero attached hydrogens (tertiary/aromatic N) is 2. The fourth-order valence-electron chi connectivity index (χ4n) is 2.14. The number of aromatic amines is 1. The molecular weight excluding hydrogens is 266 g/mol. The van der Waals surface area contributed by atoms with Gasteiger partial charge in [-0.1, -0.05) is 30.3 Å². The molecule has 1 amide bonds. The summed E-state index contributed by atoms with van der Waals surface area (Å²) in [6.45, 7) is 0.942. The summed E-state index contributed by atoms with van der Waals surface area (Å²) in [5, 5.41) is 0. The van der Waals surface area contributed by atoms with Gasteiger partial charge in [-0.3, -0.25) is 4.79 Å². The van der Waals surface area contributed by atoms with Crippen LogP contribution in [0.1, 0.15) is 21.7 Å². The zero-order chi connectivity index (χ0) is 14.5. The van der Waals surface area contributed by atoms with Crippen molar-refractivity contribution in [1.29, 1.82) is 0 Å². The van der Waals surface area contributed by atoms with Crippen LogP contribution in [0.25, 0.3) is 0 Å². The third-order valence-corrected chi connectivity index (χ3v) is 3.17. The lowest BCUT2D eigenvalue weighted by molar-refractivity contribution is 0.0725. The molecule has 0 saturated carbocycles. The SMILES string of the molecule is O=C(c1ccoc1)N(Cc1ccccc1)Cc1ncc[nH]1. The van der Waals surface area contributed by atoms with E-state index in [0.717, 1.165) is 11.4 Å². The number of rotatable bonds is 5. The summed E-state index contributed by atoms with van der Waals surface area (Å²) < 4.78 is 5.00. The van der Waals surface area contributed by atoms with Crippen LogP contribution in [-0.2, 0) is 13.1 Å². The number of hydrogen-bond donors (Lipinski definition) is 1. The molecule has 2 heterocycles. The second-order valence-corrected chi connectivity index (χ2v) is 4.69. The fourth-order valence-corrected chi connectivity index (χ4v) is 2.14. The number of benzene rings is 1. The van der Waals surface area contributed by atoms with E-state index >= 15 is 0 Å². The molecular formula is C16H15N3O2. The van der Waals surface area contributed by atoms with Gasteiger partial charge in [0, 0.05) is 18.9 Å². The molecule has 0 aliphatic carbocycles. The predicted molar refractivity (Wildman–Crippen MR) is 77.3 cm³/mol. The summed E-state index contributed by atoms with van der Waals surface area (Å²) >= 11 is 0. The van der Waals surface area contributed by atoms with Crippen LogP contribution in [0.15, 0.2) is 65.7 Å². The molecule has 0 saturated heterocycles. The molecule has 106 valence electrons. The topological polar surface area (TPSA) is 62.1 Å². The Hall–Kier alpha value is -2.82. The van der Waals surface area contributed by atoms with Gasteiger partial charge in [0.2, 0.25) is 0 Å². The van der Waals surface area contributed by atoms with Gasteiger partial charge in [0.25, 0.3) is 5.91 Å². The van der Waals surface area contributed by atoms with Gasteiger partial charge in [0.15, 0.2) is 0 Å². The first-order chi connectivity index (χ1) is 10.3. The molecule has 0 spiro atoms. The Morgan fingerprint density at radius 3 is 2.71 bits per heavy atom. The molecule has 0 radical (unpaired) electrons. The van der Waals surface area contributed by atoms with Crippen molar-refractivity contribution in [2.24, 2.45) is 0 Å². The molecule has 0 aliphatic rings. The first-order valence-electron chi connectivity index (χ1n) is 6.66. The van der Waals surface area contributed by atoms with Crippen LogP contribution < -0.4 is 0 Å². The number of amides is 1. The van der Waals surface area contributed by atoms with E-state index in [1.807, 2.05) is 30.3 Å². The molecule has 0 unspecified atom stereocenters. The quantitative estimate of drug-likeness (QED) is 0.782. The van der Waals surface area contributed by atoms with Gasteiger partial charge in [-0.15, -0.1) is 0 Å². The number of imidazole rings is 1. The summed E-state index contributed by atoms with van der Waals surface area (Å²) in [4.78, 5) is 21.5. The van der Waals surface area contributed by atoms with Gasteiger partial charge in [0.05, 0.1) is 18.4 Å². The minimum absolute atomic E-state index is 0.0796. The van der Waals surface area contributed by atoms with Crippen LogP contribution in [0.2, 0.25) is 0 Å². The maximum atomic E-state index is 12.6. The first kappa shape index (κ1) is 13.2. The molecule has 1 aromatic carbocycles. The second-order valence-electron chi connectivity index (χ2n) is 4.69. The Labute approximate surface area is 122 Å². The highest BCUT2D eigenvalue weighted by atomic mass is 16.3. The summed E-state index contributed by atoms with van der Waals surface area (Å²) in [6.07, 6.45) is 6.39. The number of carbonyl (C=O) groups excluding carboxylic acids is 1. The minimum Gasteiger partial charge on any atom is -0.472 e. The van der Waals surface area contributed by atoms with Crippen LogP contribution >= 0.6 is 0 Å². The molecule has 5 heteroatoms. The lowest BCUT2D eigenvalue weighted by atomic mass is 10.2. The number of nitrogens with one attached hydrogen (secondary N) is 1. The number of furan rings is 1. The Bertz CT molecular complexity index is 676. The number of aromatic nitrogens is 2. The van der Waals surface area contributed by atoms with Gasteiger partial charge < -0.3 is 14.3 Å². The van der Waals surface area contributed by atoms with Crippen molar-refractivity contribution in [1.82, 2.24) is 14.9 Å². The smallest absolute Gasteiger partial charge is 0.257 e. The van der Waals surface area contributed by atoms with Gasteiger partial charge in [-0.25, -0.2) is 4.98 Å². The Kier molecular flexibility index (Phi) is 3.82. The van der Waals surface area contributed by atoms with Crippen LogP contribution in [0.3, 0.4) is 0 Å². The molecule has 0 fully saturated rings. The van der Waals surface area contributed by atoms with E-state index in [9.17, 15) is 4.79 Å². The maximum absolute atomic E-state index is 12.6. The molecule has 21 heavy (non-hydrogen) atoms. The lowest BCUT2D eigenvalue weighted by Gasteiger charge is -2.21. The summed E-state index contributed by atoms with van der Waals surface area (Å²) in [5.41, 5.74) is 1.61. The van der Waals surface area contributed by atoms with E-state index < -0.39 is 0 Å². The van der Waals surface area contributed by atoms with E-state index in [4.69, 9.17) is 4.42 Å². The number of H-pyrrole nitrogens is 1. The van der Waals surface area contributed by atoms with E-state index in [0.29, 0.717) is 18.7 Å². The van der Waals surface area contributed by atoms with E-state index in [-0.39, 0.29) is 5.91 Å². The van der Waals surface area contributed by atoms with E-state index in [1.165, 1.54) is 12.5 Å². The summed E-state index contributed by atoms with van der Waals surface area (Å²) in [5.74, 6) is 0.673. The molecule has 1 N–H and O–H groups in total. The Morgan fingerprint density at radius 1 is 1.19 bits per heavy atom. The van der Waals surface area contributed by atoms with Crippen LogP contribution in [0.5, 0.6) is 0 Å². The third kappa shape index (κ3) is 3.20. The Morgan fingerprint density at radius 2 is 2.05 bits per heavy atom. The minimum atomic E-state index is -0.0796. The average Bonchev–Trinajstić information content (AvgIpc) is 3.20. The first-order valence-corrected chi connectivity index (χ1v) is 6.66. The molecule has 0 atom stereocenters. The monoisotopic (exact) mass is 281 g/mol. The maximum Gasteiger partial charge on any atom is 0.257 e. The van der Waals surface area contributed by atoms with Crippen LogP contribution in [0, 0.1) is 0 Å². The van der Waals surface area contributed by atoms with Crippen molar-refractivity contribution >= 4 is 5.91 Å². The summed E-state index contributed by atoms with van der Waals surface area (Å²) in [6, 6.07) is 11.5. The standard InChI is InChI=1S/C16H15N3O2/c20-16(14-6-9-21-12-14)19(11-15-17-7-8-18-15)10-13-4-2-1-3-5-13/h1-9,12H,10-11H2,(H,17,18). The fraction of sp³-hybridized carbons (Fsp3) is 0.125. The zero-order valence-electron chi connectivity index (χ0n) is 11.4. The van der Waals surface area contributed by atoms with E-state index in [2.05, 4.69) is 9.97 Å². The second kappa shape index (κ2) is 6.09. The van der Waals surface area contributed by atoms with Crippen molar-refractivity contribution in [3.63, 3.8) is 0 Å². The summed E-state index contributed by atoms with van der Waals surface area (Å²) in [7, 11) is 0. The van der Waals surface area contributed by atoms with Crippen molar-refractivity contribution in [2.45, 2.75) is 13.1 Å². The average molecular weight is 281 g/mol.